The molecule has 0 bridgehead atoms. The summed E-state index contributed by atoms with van der Waals surface area (Å²) < 4.78 is 27.5. The smallest absolute Gasteiger partial charge is 0.399 e. The second kappa shape index (κ2) is 4.02. The summed E-state index contributed by atoms with van der Waals surface area (Å²) in [6, 6.07) is 1.39. The number of fused-ring (bicyclic) bond motifs is 1. The van der Waals surface area contributed by atoms with E-state index in [1.807, 2.05) is 27.7 Å². The second-order valence-electron chi connectivity index (χ2n) is 6.15. The zero-order chi connectivity index (χ0) is 14.7. The van der Waals surface area contributed by atoms with E-state index in [4.69, 9.17) is 9.31 Å². The third-order valence-corrected chi connectivity index (χ3v) is 4.18. The van der Waals surface area contributed by atoms with E-state index < -0.39 is 24.1 Å². The third kappa shape index (κ3) is 1.84. The highest BCUT2D eigenvalue weighted by atomic mass is 19.1. The lowest BCUT2D eigenvalue weighted by Crippen LogP contribution is -2.41. The topological polar surface area (TPSA) is 48.7 Å². The quantitative estimate of drug-likeness (QED) is 0.741. The van der Waals surface area contributed by atoms with Gasteiger partial charge in [-0.1, -0.05) is 0 Å². The molecular weight excluding hydrogens is 260 g/mol. The van der Waals surface area contributed by atoms with Crippen molar-refractivity contribution in [2.24, 2.45) is 0 Å². The molecule has 106 valence electrons. The monoisotopic (exact) mass is 277 g/mol. The molecule has 0 unspecified atom stereocenters. The zero-order valence-corrected chi connectivity index (χ0v) is 12.3. The lowest BCUT2D eigenvalue weighted by Gasteiger charge is -2.32. The van der Waals surface area contributed by atoms with Crippen LogP contribution in [0.2, 0.25) is 0 Å². The van der Waals surface area contributed by atoms with Gasteiger partial charge in [-0.05, 0) is 40.7 Å². The summed E-state index contributed by atoms with van der Waals surface area (Å²) in [5.41, 5.74) is -0.0734. The first-order valence-corrected chi connectivity index (χ1v) is 6.58. The van der Waals surface area contributed by atoms with E-state index in [0.717, 1.165) is 0 Å². The van der Waals surface area contributed by atoms with Crippen molar-refractivity contribution in [1.82, 2.24) is 14.6 Å². The van der Waals surface area contributed by atoms with Crippen LogP contribution < -0.4 is 5.46 Å². The molecule has 0 spiro atoms. The highest BCUT2D eigenvalue weighted by molar-refractivity contribution is 6.62. The van der Waals surface area contributed by atoms with Gasteiger partial charge in [0.1, 0.15) is 5.82 Å². The first kappa shape index (κ1) is 13.5. The largest absolute Gasteiger partial charge is 0.496 e. The minimum atomic E-state index is -0.597. The van der Waals surface area contributed by atoms with Gasteiger partial charge in [0.25, 0.3) is 0 Å². The molecule has 1 fully saturated rings. The van der Waals surface area contributed by atoms with Gasteiger partial charge in [0.2, 0.25) is 0 Å². The van der Waals surface area contributed by atoms with Crippen LogP contribution in [-0.2, 0) is 9.31 Å². The van der Waals surface area contributed by atoms with Crippen LogP contribution in [0.5, 0.6) is 0 Å². The van der Waals surface area contributed by atoms with Gasteiger partial charge in [-0.2, -0.15) is 0 Å². The van der Waals surface area contributed by atoms with E-state index in [1.54, 1.807) is 17.5 Å². The van der Waals surface area contributed by atoms with Gasteiger partial charge in [-0.25, -0.2) is 4.39 Å². The first-order chi connectivity index (χ1) is 9.21. The van der Waals surface area contributed by atoms with Gasteiger partial charge in [0, 0.05) is 11.7 Å². The molecule has 20 heavy (non-hydrogen) atoms. The molecule has 0 aliphatic carbocycles. The highest BCUT2D eigenvalue weighted by Gasteiger charge is 2.52. The SMILES string of the molecule is Cc1nnc2c(F)cc(B3OC(C)(C)C(C)(C)O3)cn12. The van der Waals surface area contributed by atoms with Crippen LogP contribution in [0.1, 0.15) is 33.5 Å². The average molecular weight is 277 g/mol. The second-order valence-corrected chi connectivity index (χ2v) is 6.15. The first-order valence-electron chi connectivity index (χ1n) is 6.58. The number of hydrogen-bond acceptors (Lipinski definition) is 4. The van der Waals surface area contributed by atoms with Crippen LogP contribution in [0.3, 0.4) is 0 Å². The fraction of sp³-hybridized carbons (Fsp3) is 0.538. The summed E-state index contributed by atoms with van der Waals surface area (Å²) in [4.78, 5) is 0. The summed E-state index contributed by atoms with van der Waals surface area (Å²) in [5, 5.41) is 7.67. The Bertz CT molecular complexity index is 668. The Kier molecular flexibility index (Phi) is 2.72. The van der Waals surface area contributed by atoms with Gasteiger partial charge in [0.05, 0.1) is 11.2 Å². The summed E-state index contributed by atoms with van der Waals surface area (Å²) in [5.74, 6) is 0.190. The molecule has 3 heterocycles. The van der Waals surface area contributed by atoms with Crippen LogP contribution in [0.15, 0.2) is 12.3 Å². The molecule has 2 aromatic heterocycles. The molecule has 0 radical (unpaired) electrons. The van der Waals surface area contributed by atoms with Gasteiger partial charge in [0.15, 0.2) is 11.5 Å². The van der Waals surface area contributed by atoms with E-state index >= 15 is 0 Å². The zero-order valence-electron chi connectivity index (χ0n) is 12.3. The molecule has 3 rings (SSSR count). The summed E-state index contributed by atoms with van der Waals surface area (Å²) in [6.07, 6.45) is 1.76. The lowest BCUT2D eigenvalue weighted by molar-refractivity contribution is 0.00578. The number of pyridine rings is 1. The number of aryl methyl sites for hydroxylation is 1. The van der Waals surface area contributed by atoms with Crippen LogP contribution in [0.25, 0.3) is 5.65 Å². The summed E-state index contributed by atoms with van der Waals surface area (Å²) >= 11 is 0. The minimum Gasteiger partial charge on any atom is -0.399 e. The van der Waals surface area contributed by atoms with Crippen molar-refractivity contribution in [1.29, 1.82) is 0 Å². The van der Waals surface area contributed by atoms with Crippen molar-refractivity contribution in [3.63, 3.8) is 0 Å². The molecule has 0 N–H and O–H groups in total. The maximum atomic E-state index is 14.1. The molecule has 0 amide bonds. The Morgan fingerprint density at radius 3 is 2.35 bits per heavy atom. The van der Waals surface area contributed by atoms with Crippen molar-refractivity contribution in [3.8, 4) is 0 Å². The van der Waals surface area contributed by atoms with E-state index in [9.17, 15) is 4.39 Å². The van der Waals surface area contributed by atoms with Gasteiger partial charge < -0.3 is 9.31 Å². The molecule has 1 aliphatic heterocycles. The predicted octanol–water partition coefficient (Wildman–Crippen LogP) is 1.48. The highest BCUT2D eigenvalue weighted by Crippen LogP contribution is 2.36. The van der Waals surface area contributed by atoms with Crippen molar-refractivity contribution in [3.05, 3.63) is 23.9 Å². The average Bonchev–Trinajstić information content (AvgIpc) is 2.79. The van der Waals surface area contributed by atoms with Gasteiger partial charge in [-0.3, -0.25) is 4.40 Å². The Labute approximate surface area is 117 Å². The number of nitrogens with zero attached hydrogens (tertiary/aromatic N) is 3. The van der Waals surface area contributed by atoms with Crippen LogP contribution in [0.4, 0.5) is 4.39 Å². The van der Waals surface area contributed by atoms with Gasteiger partial charge in [-0.15, -0.1) is 10.2 Å². The standard InChI is InChI=1S/C13H17BFN3O2/c1-8-16-17-11-10(15)6-9(7-18(8)11)14-19-12(2,3)13(4,5)20-14/h6-7H,1-5H3. The molecule has 1 aliphatic rings. The summed E-state index contributed by atoms with van der Waals surface area (Å²) in [7, 11) is -0.597. The fourth-order valence-corrected chi connectivity index (χ4v) is 2.19. The fourth-order valence-electron chi connectivity index (χ4n) is 2.19. The molecule has 2 aromatic rings. The normalized spacial score (nSPS) is 20.8. The Morgan fingerprint density at radius 1 is 1.15 bits per heavy atom. The molecule has 5 nitrogen and oxygen atoms in total. The Hall–Kier alpha value is -1.47. The molecule has 7 heteroatoms. The number of halogens is 1. The third-order valence-electron chi connectivity index (χ3n) is 4.18. The summed E-state index contributed by atoms with van der Waals surface area (Å²) in [6.45, 7) is 9.63. The maximum absolute atomic E-state index is 14.1. The molecule has 1 saturated heterocycles. The molecule has 0 atom stereocenters. The minimum absolute atomic E-state index is 0.211. The molecular formula is C13H17BFN3O2. The Balaban J connectivity index is 2.06. The molecule has 0 aromatic carbocycles. The lowest BCUT2D eigenvalue weighted by atomic mass is 9.80. The maximum Gasteiger partial charge on any atom is 0.496 e. The van der Waals surface area contributed by atoms with Crippen molar-refractivity contribution in [2.75, 3.05) is 0 Å². The van der Waals surface area contributed by atoms with Crippen LogP contribution >= 0.6 is 0 Å². The van der Waals surface area contributed by atoms with E-state index in [0.29, 0.717) is 11.3 Å². The van der Waals surface area contributed by atoms with E-state index in [1.165, 1.54) is 6.07 Å². The van der Waals surface area contributed by atoms with E-state index in [2.05, 4.69) is 10.2 Å². The predicted molar refractivity (Wildman–Crippen MR) is 73.4 cm³/mol. The number of rotatable bonds is 1. The number of hydrogen-bond donors (Lipinski definition) is 0. The van der Waals surface area contributed by atoms with Gasteiger partial charge >= 0.3 is 7.12 Å². The van der Waals surface area contributed by atoms with Crippen LogP contribution in [-0.4, -0.2) is 32.9 Å². The van der Waals surface area contributed by atoms with Crippen LogP contribution in [0, 0.1) is 12.7 Å². The van der Waals surface area contributed by atoms with Crippen molar-refractivity contribution < 1.29 is 13.7 Å². The number of aromatic nitrogens is 3. The van der Waals surface area contributed by atoms with E-state index in [-0.39, 0.29) is 5.65 Å². The van der Waals surface area contributed by atoms with Crippen molar-refractivity contribution >= 4 is 18.2 Å². The molecule has 0 saturated carbocycles. The Morgan fingerprint density at radius 2 is 1.75 bits per heavy atom. The van der Waals surface area contributed by atoms with Crippen molar-refractivity contribution in [2.45, 2.75) is 45.8 Å².